The summed E-state index contributed by atoms with van der Waals surface area (Å²) in [6.45, 7) is 3.23. The van der Waals surface area contributed by atoms with Crippen LogP contribution in [0.3, 0.4) is 0 Å². The number of ether oxygens (including phenoxy) is 1. The van der Waals surface area contributed by atoms with Crippen LogP contribution in [-0.2, 0) is 19.6 Å². The van der Waals surface area contributed by atoms with Crippen LogP contribution in [0.2, 0.25) is 0 Å². The van der Waals surface area contributed by atoms with E-state index in [1.807, 2.05) is 61.5 Å². The fourth-order valence-electron chi connectivity index (χ4n) is 3.58. The summed E-state index contributed by atoms with van der Waals surface area (Å²) in [5, 5.41) is 5.92. The van der Waals surface area contributed by atoms with E-state index in [0.717, 1.165) is 22.4 Å². The van der Waals surface area contributed by atoms with Gasteiger partial charge in [-0.1, -0.05) is 42.2 Å². The molecule has 3 aromatic carbocycles. The Bertz CT molecular complexity index is 1360. The molecular formula is C27H27N3O4S. The van der Waals surface area contributed by atoms with Crippen LogP contribution in [0.5, 0.6) is 0 Å². The first-order valence-corrected chi connectivity index (χ1v) is 12.8. The summed E-state index contributed by atoms with van der Waals surface area (Å²) in [4.78, 5) is 12.8. The van der Waals surface area contributed by atoms with Crippen LogP contribution in [0.1, 0.15) is 16.7 Å². The molecule has 1 fully saturated rings. The molecular weight excluding hydrogens is 462 g/mol. The number of morpholine rings is 1. The fraction of sp³-hybridized carbons (Fsp3) is 0.222. The Labute approximate surface area is 206 Å². The third kappa shape index (κ3) is 6.49. The van der Waals surface area contributed by atoms with Crippen molar-refractivity contribution in [2.24, 2.45) is 0 Å². The average molecular weight is 490 g/mol. The Morgan fingerprint density at radius 3 is 2.43 bits per heavy atom. The van der Waals surface area contributed by atoms with Crippen LogP contribution in [0.15, 0.2) is 77.7 Å². The predicted molar refractivity (Wildman–Crippen MR) is 137 cm³/mol. The maximum atomic E-state index is 13.0. The van der Waals surface area contributed by atoms with Gasteiger partial charge in [0, 0.05) is 35.6 Å². The molecule has 0 aromatic heterocycles. The standard InChI is InChI=1S/C27H27N3O4S/c1-21-10-13-25(35(32,33)30-14-16-34-17-15-30)19-26(21)29-27(31)20-28-24-9-5-8-23(18-24)12-11-22-6-3-2-4-7-22/h2-10,13,18-19,28H,14-17,20H2,1H3,(H,29,31). The summed E-state index contributed by atoms with van der Waals surface area (Å²) in [5.74, 6) is 5.96. The van der Waals surface area contributed by atoms with Crippen molar-refractivity contribution in [3.63, 3.8) is 0 Å². The summed E-state index contributed by atoms with van der Waals surface area (Å²) in [5.41, 5.74) is 3.76. The van der Waals surface area contributed by atoms with E-state index in [-0.39, 0.29) is 17.3 Å². The third-order valence-electron chi connectivity index (χ3n) is 5.53. The second-order valence-electron chi connectivity index (χ2n) is 8.09. The van der Waals surface area contributed by atoms with Gasteiger partial charge in [-0.05, 0) is 55.0 Å². The number of amides is 1. The molecule has 0 saturated carbocycles. The molecule has 1 heterocycles. The van der Waals surface area contributed by atoms with Crippen molar-refractivity contribution >= 4 is 27.3 Å². The van der Waals surface area contributed by atoms with Crippen LogP contribution in [0.4, 0.5) is 11.4 Å². The van der Waals surface area contributed by atoms with Gasteiger partial charge in [0.05, 0.1) is 24.7 Å². The minimum Gasteiger partial charge on any atom is -0.379 e. The van der Waals surface area contributed by atoms with E-state index in [0.29, 0.717) is 32.0 Å². The Kier molecular flexibility index (Phi) is 7.83. The van der Waals surface area contributed by atoms with E-state index >= 15 is 0 Å². The topological polar surface area (TPSA) is 87.7 Å². The van der Waals surface area contributed by atoms with Gasteiger partial charge in [-0.25, -0.2) is 8.42 Å². The SMILES string of the molecule is Cc1ccc(S(=O)(=O)N2CCOCC2)cc1NC(=O)CNc1cccc(C#Cc2ccccc2)c1. The van der Waals surface area contributed by atoms with Crippen molar-refractivity contribution in [3.05, 3.63) is 89.5 Å². The molecule has 1 aliphatic rings. The quantitative estimate of drug-likeness (QED) is 0.518. The highest BCUT2D eigenvalue weighted by Gasteiger charge is 2.26. The maximum absolute atomic E-state index is 13.0. The van der Waals surface area contributed by atoms with E-state index < -0.39 is 10.0 Å². The van der Waals surface area contributed by atoms with Crippen LogP contribution >= 0.6 is 0 Å². The van der Waals surface area contributed by atoms with Crippen LogP contribution in [0, 0.1) is 18.8 Å². The molecule has 0 radical (unpaired) electrons. The average Bonchev–Trinajstić information content (AvgIpc) is 2.89. The lowest BCUT2D eigenvalue weighted by Crippen LogP contribution is -2.40. The Morgan fingerprint density at radius 1 is 0.943 bits per heavy atom. The van der Waals surface area contributed by atoms with Crippen molar-refractivity contribution in [2.45, 2.75) is 11.8 Å². The zero-order chi connectivity index (χ0) is 24.7. The van der Waals surface area contributed by atoms with E-state index in [9.17, 15) is 13.2 Å². The zero-order valence-electron chi connectivity index (χ0n) is 19.5. The lowest BCUT2D eigenvalue weighted by molar-refractivity contribution is -0.114. The molecule has 3 aromatic rings. The molecule has 8 heteroatoms. The molecule has 1 aliphatic heterocycles. The second kappa shape index (κ2) is 11.2. The summed E-state index contributed by atoms with van der Waals surface area (Å²) in [7, 11) is -3.65. The number of aryl methyl sites for hydroxylation is 1. The van der Waals surface area contributed by atoms with Crippen LogP contribution in [-0.4, -0.2) is 51.5 Å². The van der Waals surface area contributed by atoms with Crippen LogP contribution in [0.25, 0.3) is 0 Å². The van der Waals surface area contributed by atoms with Gasteiger partial charge in [0.1, 0.15) is 0 Å². The first-order chi connectivity index (χ1) is 16.9. The van der Waals surface area contributed by atoms with Gasteiger partial charge in [-0.15, -0.1) is 0 Å². The molecule has 0 aliphatic carbocycles. The molecule has 1 amide bonds. The summed E-state index contributed by atoms with van der Waals surface area (Å²) in [6.07, 6.45) is 0. The minimum atomic E-state index is -3.65. The summed E-state index contributed by atoms with van der Waals surface area (Å²) in [6, 6.07) is 22.0. The smallest absolute Gasteiger partial charge is 0.243 e. The highest BCUT2D eigenvalue weighted by atomic mass is 32.2. The highest BCUT2D eigenvalue weighted by molar-refractivity contribution is 7.89. The number of carbonyl (C=O) groups is 1. The number of nitrogens with one attached hydrogen (secondary N) is 2. The number of hydrogen-bond acceptors (Lipinski definition) is 5. The first-order valence-electron chi connectivity index (χ1n) is 11.3. The molecule has 35 heavy (non-hydrogen) atoms. The van der Waals surface area contributed by atoms with E-state index in [1.165, 1.54) is 10.4 Å². The van der Waals surface area contributed by atoms with Gasteiger partial charge in [0.25, 0.3) is 0 Å². The number of sulfonamides is 1. The zero-order valence-corrected chi connectivity index (χ0v) is 20.3. The highest BCUT2D eigenvalue weighted by Crippen LogP contribution is 2.23. The molecule has 4 rings (SSSR count). The van der Waals surface area contributed by atoms with E-state index in [2.05, 4.69) is 22.5 Å². The minimum absolute atomic E-state index is 0.0233. The van der Waals surface area contributed by atoms with Crippen molar-refractivity contribution in [1.29, 1.82) is 0 Å². The molecule has 2 N–H and O–H groups in total. The number of carbonyl (C=O) groups excluding carboxylic acids is 1. The molecule has 0 atom stereocenters. The van der Waals surface area contributed by atoms with Crippen molar-refractivity contribution < 1.29 is 17.9 Å². The van der Waals surface area contributed by atoms with Gasteiger partial charge < -0.3 is 15.4 Å². The van der Waals surface area contributed by atoms with E-state index in [4.69, 9.17) is 4.74 Å². The van der Waals surface area contributed by atoms with E-state index in [1.54, 1.807) is 12.1 Å². The molecule has 1 saturated heterocycles. The molecule has 180 valence electrons. The maximum Gasteiger partial charge on any atom is 0.243 e. The normalized spacial score (nSPS) is 14.0. The summed E-state index contributed by atoms with van der Waals surface area (Å²) >= 11 is 0. The lowest BCUT2D eigenvalue weighted by Gasteiger charge is -2.26. The Morgan fingerprint density at radius 2 is 1.66 bits per heavy atom. The van der Waals surface area contributed by atoms with Gasteiger partial charge in [0.15, 0.2) is 0 Å². The number of hydrogen-bond donors (Lipinski definition) is 2. The summed E-state index contributed by atoms with van der Waals surface area (Å²) < 4.78 is 32.6. The molecule has 0 spiro atoms. The fourth-order valence-corrected chi connectivity index (χ4v) is 5.02. The molecule has 0 unspecified atom stereocenters. The number of benzene rings is 3. The van der Waals surface area contributed by atoms with Crippen molar-refractivity contribution in [1.82, 2.24) is 4.31 Å². The number of rotatable bonds is 6. The van der Waals surface area contributed by atoms with Gasteiger partial charge >= 0.3 is 0 Å². The van der Waals surface area contributed by atoms with Crippen LogP contribution < -0.4 is 10.6 Å². The Hall–Kier alpha value is -3.64. The molecule has 0 bridgehead atoms. The number of nitrogens with zero attached hydrogens (tertiary/aromatic N) is 1. The van der Waals surface area contributed by atoms with Gasteiger partial charge in [0.2, 0.25) is 15.9 Å². The number of anilines is 2. The van der Waals surface area contributed by atoms with Gasteiger partial charge in [-0.3, -0.25) is 4.79 Å². The van der Waals surface area contributed by atoms with Crippen molar-refractivity contribution in [2.75, 3.05) is 43.5 Å². The monoisotopic (exact) mass is 489 g/mol. The molecule has 7 nitrogen and oxygen atoms in total. The second-order valence-corrected chi connectivity index (χ2v) is 10.0. The van der Waals surface area contributed by atoms with Gasteiger partial charge in [-0.2, -0.15) is 4.31 Å². The van der Waals surface area contributed by atoms with Crippen molar-refractivity contribution in [3.8, 4) is 11.8 Å². The third-order valence-corrected chi connectivity index (χ3v) is 7.43. The largest absolute Gasteiger partial charge is 0.379 e. The Balaban J connectivity index is 1.39. The lowest BCUT2D eigenvalue weighted by atomic mass is 10.1. The first kappa shape index (κ1) is 24.5. The predicted octanol–water partition coefficient (Wildman–Crippen LogP) is 3.47.